The first-order valence-electron chi connectivity index (χ1n) is 24.7. The fourth-order valence-corrected chi connectivity index (χ4v) is 8.77. The van der Waals surface area contributed by atoms with E-state index in [2.05, 4.69) is 40.4 Å². The third-order valence-corrected chi connectivity index (χ3v) is 13.4. The molecule has 0 aliphatic rings. The Balaban J connectivity index is 1.89. The Morgan fingerprint density at radius 1 is 0.551 bits per heavy atom. The minimum atomic E-state index is -1.16. The molecule has 8 N–H and O–H groups in total. The monoisotopic (exact) mass is 1000 g/mol. The fourth-order valence-electron chi connectivity index (χ4n) is 7.02. The number of aliphatic carboxylic acids is 1. The molecule has 6 amide bonds. The van der Waals surface area contributed by atoms with Crippen LogP contribution in [0, 0.1) is 5.92 Å². The van der Waals surface area contributed by atoms with Gasteiger partial charge in [0.25, 0.3) is 0 Å². The summed E-state index contributed by atoms with van der Waals surface area (Å²) in [7, 11) is 0. The molecule has 18 heteroatoms. The van der Waals surface area contributed by atoms with Crippen LogP contribution in [0.15, 0.2) is 60.7 Å². The number of ether oxygens (including phenoxy) is 2. The number of carboxylic acid groups (broad SMARTS) is 1. The van der Waals surface area contributed by atoms with Crippen LogP contribution in [0.4, 0.5) is 0 Å². The zero-order valence-electron chi connectivity index (χ0n) is 41.3. The third-order valence-electron chi connectivity index (χ3n) is 11.3. The van der Waals surface area contributed by atoms with Crippen molar-refractivity contribution < 1.29 is 48.1 Å². The normalized spacial score (nSPS) is 13.7. The maximum absolute atomic E-state index is 13.8. The van der Waals surface area contributed by atoms with E-state index in [0.717, 1.165) is 56.1 Å². The van der Waals surface area contributed by atoms with Crippen molar-refractivity contribution >= 4 is 64.9 Å². The number of carbonyl (C=O) groups excluding carboxylic acids is 6. The van der Waals surface area contributed by atoms with Gasteiger partial charge in [0.05, 0.1) is 26.4 Å². The zero-order chi connectivity index (χ0) is 50.7. The van der Waals surface area contributed by atoms with Crippen molar-refractivity contribution in [3.8, 4) is 0 Å². The first-order chi connectivity index (χ1) is 33.3. The van der Waals surface area contributed by atoms with Crippen LogP contribution in [0.1, 0.15) is 116 Å². The highest BCUT2D eigenvalue weighted by Crippen LogP contribution is 2.14. The molecule has 386 valence electrons. The first kappa shape index (κ1) is 60.5. The van der Waals surface area contributed by atoms with Gasteiger partial charge in [-0.15, -0.1) is 0 Å². The number of benzene rings is 2. The van der Waals surface area contributed by atoms with Crippen molar-refractivity contribution in [1.29, 1.82) is 0 Å². The van der Waals surface area contributed by atoms with Gasteiger partial charge in [-0.05, 0) is 36.3 Å². The number of hydrogen-bond acceptors (Lipinski definition) is 11. The lowest BCUT2D eigenvalue weighted by Crippen LogP contribution is -2.57. The Morgan fingerprint density at radius 3 is 1.39 bits per heavy atom. The summed E-state index contributed by atoms with van der Waals surface area (Å²) in [6.07, 6.45) is 9.24. The summed E-state index contributed by atoms with van der Waals surface area (Å²) in [5.41, 5.74) is 7.28. The summed E-state index contributed by atoms with van der Waals surface area (Å²) in [5, 5.41) is 23.8. The Bertz CT molecular complexity index is 1800. The van der Waals surface area contributed by atoms with Crippen molar-refractivity contribution in [1.82, 2.24) is 26.6 Å². The van der Waals surface area contributed by atoms with Crippen molar-refractivity contribution in [3.63, 3.8) is 0 Å². The quantitative estimate of drug-likeness (QED) is 0.0419. The Labute approximate surface area is 418 Å². The number of unbranched alkanes of at least 4 members (excludes halogenated alkanes) is 6. The van der Waals surface area contributed by atoms with Gasteiger partial charge in [-0.2, -0.15) is 23.5 Å². The largest absolute Gasteiger partial charge is 0.480 e. The molecule has 69 heavy (non-hydrogen) atoms. The lowest BCUT2D eigenvalue weighted by Gasteiger charge is -2.26. The molecule has 2 aromatic rings. The lowest BCUT2D eigenvalue weighted by atomic mass is 9.97. The maximum atomic E-state index is 13.8. The smallest absolute Gasteiger partial charge is 0.326 e. The van der Waals surface area contributed by atoms with Crippen LogP contribution in [0.5, 0.6) is 0 Å². The molecule has 0 aromatic heterocycles. The second-order valence-corrected chi connectivity index (χ2v) is 19.6. The molecule has 0 fully saturated rings. The molecular weight excluding hydrogens is 921 g/mol. The van der Waals surface area contributed by atoms with Crippen LogP contribution >= 0.6 is 23.5 Å². The molecule has 0 aliphatic heterocycles. The van der Waals surface area contributed by atoms with Gasteiger partial charge in [0.2, 0.25) is 35.4 Å². The average Bonchev–Trinajstić information content (AvgIpc) is 3.33. The standard InChI is InChI=1S/C51H80N6O10S2/c1-5-8-10-18-24-45(58)53-43(49(62)56-41(32-37(4)7-3)48(61)55-40(47(52)60)33-38-20-14-12-15-21-38)35-68-30-28-66-26-27-67-29-31-69-36-44(54-46(59)25-19-11-9-6-2)50(63)57-42(51(64)65)34-39-22-16-13-17-23-39/h12-17,20-23,37,40-44H,5-11,18-19,24-36H2,1-4H3,(H2,52,60)(H,53,58)(H,54,59)(H,55,61)(H,56,62)(H,57,63)(H,64,65)/t37?,40-,41-,42-,43-,44-/m0/s1. The Kier molecular flexibility index (Phi) is 32.6. The zero-order valence-corrected chi connectivity index (χ0v) is 42.9. The van der Waals surface area contributed by atoms with E-state index in [1.165, 1.54) is 23.5 Å². The molecule has 0 spiro atoms. The summed E-state index contributed by atoms with van der Waals surface area (Å²) in [5.74, 6) is -2.35. The van der Waals surface area contributed by atoms with Crippen molar-refractivity contribution in [2.24, 2.45) is 11.7 Å². The number of amides is 6. The Morgan fingerprint density at radius 2 is 0.971 bits per heavy atom. The number of nitrogens with two attached hydrogens (primary N) is 1. The number of primary amides is 1. The van der Waals surface area contributed by atoms with E-state index in [0.29, 0.717) is 57.2 Å². The van der Waals surface area contributed by atoms with E-state index in [9.17, 15) is 38.7 Å². The van der Waals surface area contributed by atoms with Gasteiger partial charge in [-0.25, -0.2) is 4.79 Å². The average molecular weight is 1000 g/mol. The molecule has 0 saturated carbocycles. The van der Waals surface area contributed by atoms with E-state index in [1.54, 1.807) is 24.3 Å². The predicted octanol–water partition coefficient (Wildman–Crippen LogP) is 5.34. The SMILES string of the molecule is CCCCCCC(=O)N[C@@H](CSCCOCCOCCSC[C@H](NC(=O)CCCCCC)C(=O)N[C@@H](CC(C)CC)C(=O)N[C@@H](Cc1ccccc1)C(N)=O)C(=O)N[C@@H](Cc1ccccc1)C(=O)O. The summed E-state index contributed by atoms with van der Waals surface area (Å²) >= 11 is 2.84. The lowest BCUT2D eigenvalue weighted by molar-refractivity contribution is -0.142. The second kappa shape index (κ2) is 37.2. The number of carbonyl (C=O) groups is 7. The van der Waals surface area contributed by atoms with Crippen LogP contribution in [0.2, 0.25) is 0 Å². The molecule has 0 heterocycles. The first-order valence-corrected chi connectivity index (χ1v) is 27.0. The van der Waals surface area contributed by atoms with Crippen LogP contribution in [0.25, 0.3) is 0 Å². The molecule has 0 saturated heterocycles. The molecule has 6 atom stereocenters. The third kappa shape index (κ3) is 28.0. The highest BCUT2D eigenvalue weighted by Gasteiger charge is 2.31. The van der Waals surface area contributed by atoms with Gasteiger partial charge < -0.3 is 46.9 Å². The van der Waals surface area contributed by atoms with Gasteiger partial charge in [0.1, 0.15) is 30.2 Å². The molecule has 0 bridgehead atoms. The number of rotatable bonds is 40. The number of nitrogens with one attached hydrogen (secondary N) is 5. The van der Waals surface area contributed by atoms with Gasteiger partial charge >= 0.3 is 5.97 Å². The van der Waals surface area contributed by atoms with Gasteiger partial charge in [0.15, 0.2) is 0 Å². The summed E-state index contributed by atoms with van der Waals surface area (Å²) in [4.78, 5) is 91.1. The van der Waals surface area contributed by atoms with Gasteiger partial charge in [0, 0.05) is 48.7 Å². The van der Waals surface area contributed by atoms with Crippen LogP contribution in [-0.4, -0.2) is 126 Å². The number of hydrogen-bond donors (Lipinski definition) is 7. The van der Waals surface area contributed by atoms with Crippen LogP contribution in [-0.2, 0) is 55.9 Å². The summed E-state index contributed by atoms with van der Waals surface area (Å²) in [6, 6.07) is 13.3. The summed E-state index contributed by atoms with van der Waals surface area (Å²) < 4.78 is 11.5. The molecule has 2 aromatic carbocycles. The van der Waals surface area contributed by atoms with E-state index in [1.807, 2.05) is 50.2 Å². The fraction of sp³-hybridized carbons (Fsp3) is 0.627. The minimum absolute atomic E-state index is 0.0726. The topological polar surface area (TPSA) is 244 Å². The summed E-state index contributed by atoms with van der Waals surface area (Å²) in [6.45, 7) is 9.47. The molecule has 1 unspecified atom stereocenters. The predicted molar refractivity (Wildman–Crippen MR) is 275 cm³/mol. The molecule has 0 radical (unpaired) electrons. The molecule has 16 nitrogen and oxygen atoms in total. The van der Waals surface area contributed by atoms with Gasteiger partial charge in [-0.3, -0.25) is 28.8 Å². The van der Waals surface area contributed by atoms with E-state index >= 15 is 0 Å². The molecule has 2 rings (SSSR count). The molecular formula is C51H80N6O10S2. The Hall–Kier alpha value is -4.65. The number of carboxylic acids is 1. The maximum Gasteiger partial charge on any atom is 0.326 e. The van der Waals surface area contributed by atoms with Crippen molar-refractivity contribution in [2.45, 2.75) is 148 Å². The van der Waals surface area contributed by atoms with E-state index < -0.39 is 59.8 Å². The second-order valence-electron chi connectivity index (χ2n) is 17.3. The number of thioether (sulfide) groups is 2. The van der Waals surface area contributed by atoms with E-state index in [-0.39, 0.29) is 54.9 Å². The highest BCUT2D eigenvalue weighted by molar-refractivity contribution is 7.99. The van der Waals surface area contributed by atoms with Gasteiger partial charge in [-0.1, -0.05) is 133 Å². The minimum Gasteiger partial charge on any atom is -0.480 e. The molecule has 0 aliphatic carbocycles. The van der Waals surface area contributed by atoms with Crippen molar-refractivity contribution in [3.05, 3.63) is 71.8 Å². The van der Waals surface area contributed by atoms with Crippen LogP contribution in [0.3, 0.4) is 0 Å². The van der Waals surface area contributed by atoms with E-state index in [4.69, 9.17) is 15.2 Å². The van der Waals surface area contributed by atoms with Crippen molar-refractivity contribution in [2.75, 3.05) is 49.4 Å². The highest BCUT2D eigenvalue weighted by atomic mass is 32.2. The van der Waals surface area contributed by atoms with Crippen LogP contribution < -0.4 is 32.3 Å².